The number of aryl methyl sites for hydroxylation is 1. The highest BCUT2D eigenvalue weighted by Crippen LogP contribution is 2.24. The molecule has 24 heavy (non-hydrogen) atoms. The summed E-state index contributed by atoms with van der Waals surface area (Å²) in [5, 5.41) is 11.8. The van der Waals surface area contributed by atoms with Crippen LogP contribution >= 0.6 is 0 Å². The van der Waals surface area contributed by atoms with E-state index in [1.54, 1.807) is 0 Å². The van der Waals surface area contributed by atoms with Crippen molar-refractivity contribution >= 4 is 11.9 Å². The molecule has 0 radical (unpaired) electrons. The Bertz CT molecular complexity index is 626. The van der Waals surface area contributed by atoms with Crippen molar-refractivity contribution in [2.24, 2.45) is 16.8 Å². The molecule has 0 aliphatic carbocycles. The van der Waals surface area contributed by atoms with E-state index < -0.39 is 0 Å². The smallest absolute Gasteiger partial charge is 0.310 e. The van der Waals surface area contributed by atoms with Crippen molar-refractivity contribution in [3.05, 3.63) is 11.6 Å². The Labute approximate surface area is 142 Å². The molecular weight excluding hydrogens is 308 g/mol. The number of hydrogen-bond donors (Lipinski definition) is 1. The van der Waals surface area contributed by atoms with E-state index in [0.717, 1.165) is 50.1 Å². The standard InChI is InChI=1S/C16H26N6O2/c1-4-17-16(21-9-11(2)12(10-21)15(23)24-3)18-8-14-20-19-13-6-5-7-22(13)14/h11-12H,4-10H2,1-3H3,(H,17,18). The van der Waals surface area contributed by atoms with Crippen LogP contribution in [-0.4, -0.2) is 58.3 Å². The van der Waals surface area contributed by atoms with E-state index in [2.05, 4.69) is 31.9 Å². The number of ether oxygens (including phenoxy) is 1. The number of likely N-dealkylation sites (tertiary alicyclic amines) is 1. The molecule has 0 spiro atoms. The van der Waals surface area contributed by atoms with Crippen LogP contribution in [0.5, 0.6) is 0 Å². The zero-order valence-corrected chi connectivity index (χ0v) is 14.7. The minimum absolute atomic E-state index is 0.101. The molecule has 0 bridgehead atoms. The van der Waals surface area contributed by atoms with Crippen LogP contribution in [0.1, 0.15) is 31.9 Å². The van der Waals surface area contributed by atoms with Gasteiger partial charge in [-0.2, -0.15) is 0 Å². The summed E-state index contributed by atoms with van der Waals surface area (Å²) in [4.78, 5) is 18.8. The lowest BCUT2D eigenvalue weighted by Crippen LogP contribution is -2.40. The molecule has 0 aromatic carbocycles. The van der Waals surface area contributed by atoms with Gasteiger partial charge in [-0.25, -0.2) is 4.99 Å². The molecule has 1 fully saturated rings. The van der Waals surface area contributed by atoms with Gasteiger partial charge in [0.25, 0.3) is 0 Å². The van der Waals surface area contributed by atoms with E-state index in [1.807, 2.05) is 6.92 Å². The maximum atomic E-state index is 11.9. The minimum Gasteiger partial charge on any atom is -0.469 e. The van der Waals surface area contributed by atoms with Crippen molar-refractivity contribution in [2.75, 3.05) is 26.7 Å². The number of nitrogens with one attached hydrogen (secondary N) is 1. The van der Waals surface area contributed by atoms with E-state index in [-0.39, 0.29) is 17.8 Å². The van der Waals surface area contributed by atoms with Gasteiger partial charge >= 0.3 is 5.97 Å². The third-order valence-corrected chi connectivity index (χ3v) is 4.81. The van der Waals surface area contributed by atoms with Gasteiger partial charge in [0.2, 0.25) is 0 Å². The predicted molar refractivity (Wildman–Crippen MR) is 89.4 cm³/mol. The summed E-state index contributed by atoms with van der Waals surface area (Å²) in [5.41, 5.74) is 0. The molecule has 0 saturated carbocycles. The molecule has 3 rings (SSSR count). The Morgan fingerprint density at radius 1 is 1.42 bits per heavy atom. The van der Waals surface area contributed by atoms with Crippen molar-refractivity contribution in [2.45, 2.75) is 39.8 Å². The normalized spacial score (nSPS) is 23.5. The second-order valence-corrected chi connectivity index (χ2v) is 6.47. The molecule has 1 saturated heterocycles. The van der Waals surface area contributed by atoms with E-state index >= 15 is 0 Å². The number of esters is 1. The summed E-state index contributed by atoms with van der Waals surface area (Å²) in [7, 11) is 1.45. The van der Waals surface area contributed by atoms with Crippen LogP contribution in [0.25, 0.3) is 0 Å². The Morgan fingerprint density at radius 3 is 3.00 bits per heavy atom. The monoisotopic (exact) mass is 334 g/mol. The summed E-state index contributed by atoms with van der Waals surface area (Å²) < 4.78 is 7.08. The highest BCUT2D eigenvalue weighted by Gasteiger charge is 2.36. The van der Waals surface area contributed by atoms with Gasteiger partial charge in [0.05, 0.1) is 13.0 Å². The summed E-state index contributed by atoms with van der Waals surface area (Å²) in [5.74, 6) is 2.80. The third kappa shape index (κ3) is 3.22. The molecule has 2 unspecified atom stereocenters. The molecule has 132 valence electrons. The lowest BCUT2D eigenvalue weighted by atomic mass is 9.99. The fraction of sp³-hybridized carbons (Fsp3) is 0.750. The van der Waals surface area contributed by atoms with Gasteiger partial charge in [-0.05, 0) is 19.3 Å². The Hall–Kier alpha value is -2.12. The number of methoxy groups -OCH3 is 1. The number of aromatic nitrogens is 3. The first-order valence-corrected chi connectivity index (χ1v) is 8.66. The summed E-state index contributed by atoms with van der Waals surface area (Å²) >= 11 is 0. The van der Waals surface area contributed by atoms with E-state index in [9.17, 15) is 4.79 Å². The summed E-state index contributed by atoms with van der Waals surface area (Å²) in [6.45, 7) is 7.82. The molecule has 1 N–H and O–H groups in total. The Balaban J connectivity index is 1.71. The Kier molecular flexibility index (Phi) is 5.01. The number of carbonyl (C=O) groups is 1. The summed E-state index contributed by atoms with van der Waals surface area (Å²) in [6, 6.07) is 0. The number of nitrogens with zero attached hydrogens (tertiary/aromatic N) is 5. The summed E-state index contributed by atoms with van der Waals surface area (Å²) in [6.07, 6.45) is 2.13. The quantitative estimate of drug-likeness (QED) is 0.488. The van der Waals surface area contributed by atoms with Crippen LogP contribution in [0.15, 0.2) is 4.99 Å². The van der Waals surface area contributed by atoms with E-state index in [0.29, 0.717) is 13.1 Å². The zero-order valence-electron chi connectivity index (χ0n) is 14.7. The molecule has 0 amide bonds. The van der Waals surface area contributed by atoms with Gasteiger partial charge in [-0.15, -0.1) is 10.2 Å². The number of carbonyl (C=O) groups excluding carboxylic acids is 1. The molecular formula is C16H26N6O2. The van der Waals surface area contributed by atoms with Crippen LogP contribution in [0.3, 0.4) is 0 Å². The van der Waals surface area contributed by atoms with Crippen molar-refractivity contribution < 1.29 is 9.53 Å². The van der Waals surface area contributed by atoms with E-state index in [1.165, 1.54) is 7.11 Å². The van der Waals surface area contributed by atoms with Gasteiger partial charge < -0.3 is 19.5 Å². The predicted octanol–water partition coefficient (Wildman–Crippen LogP) is 0.431. The number of hydrogen-bond acceptors (Lipinski definition) is 5. The van der Waals surface area contributed by atoms with Gasteiger partial charge in [-0.1, -0.05) is 6.92 Å². The maximum Gasteiger partial charge on any atom is 0.310 e. The van der Waals surface area contributed by atoms with Gasteiger partial charge in [-0.3, -0.25) is 4.79 Å². The molecule has 2 aliphatic rings. The van der Waals surface area contributed by atoms with Crippen molar-refractivity contribution in [3.8, 4) is 0 Å². The maximum absolute atomic E-state index is 11.9. The van der Waals surface area contributed by atoms with Crippen molar-refractivity contribution in [1.29, 1.82) is 0 Å². The van der Waals surface area contributed by atoms with Crippen LogP contribution in [0, 0.1) is 11.8 Å². The number of rotatable bonds is 4. The molecule has 1 aromatic rings. The van der Waals surface area contributed by atoms with Crippen molar-refractivity contribution in [1.82, 2.24) is 25.0 Å². The van der Waals surface area contributed by atoms with Crippen LogP contribution in [0.2, 0.25) is 0 Å². The highest BCUT2D eigenvalue weighted by atomic mass is 16.5. The lowest BCUT2D eigenvalue weighted by molar-refractivity contribution is -0.145. The molecule has 2 atom stereocenters. The molecule has 1 aromatic heterocycles. The first kappa shape index (κ1) is 16.7. The fourth-order valence-corrected chi connectivity index (χ4v) is 3.50. The van der Waals surface area contributed by atoms with Crippen LogP contribution in [0.4, 0.5) is 0 Å². The number of fused-ring (bicyclic) bond motifs is 1. The van der Waals surface area contributed by atoms with Crippen molar-refractivity contribution in [3.63, 3.8) is 0 Å². The topological polar surface area (TPSA) is 84.6 Å². The second-order valence-electron chi connectivity index (χ2n) is 6.47. The fourth-order valence-electron chi connectivity index (χ4n) is 3.50. The van der Waals surface area contributed by atoms with Gasteiger partial charge in [0.1, 0.15) is 12.4 Å². The molecule has 8 nitrogen and oxygen atoms in total. The van der Waals surface area contributed by atoms with Gasteiger partial charge in [0.15, 0.2) is 11.8 Å². The second kappa shape index (κ2) is 7.19. The average molecular weight is 334 g/mol. The van der Waals surface area contributed by atoms with E-state index in [4.69, 9.17) is 9.73 Å². The Morgan fingerprint density at radius 2 is 2.25 bits per heavy atom. The van der Waals surface area contributed by atoms with Gasteiger partial charge in [0, 0.05) is 32.6 Å². The molecule has 8 heteroatoms. The SMILES string of the molecule is CCNC(=NCc1nnc2n1CCC2)N1CC(C)C(C(=O)OC)C1. The largest absolute Gasteiger partial charge is 0.469 e. The highest BCUT2D eigenvalue weighted by molar-refractivity contribution is 5.82. The molecule has 3 heterocycles. The van der Waals surface area contributed by atoms with Crippen LogP contribution in [-0.2, 0) is 29.0 Å². The number of aliphatic imine (C=N–C) groups is 1. The van der Waals surface area contributed by atoms with Crippen LogP contribution < -0.4 is 5.32 Å². The number of guanidine groups is 1. The minimum atomic E-state index is -0.142. The lowest BCUT2D eigenvalue weighted by Gasteiger charge is -2.21. The zero-order chi connectivity index (χ0) is 17.1. The molecule has 2 aliphatic heterocycles. The third-order valence-electron chi connectivity index (χ3n) is 4.81. The first-order chi connectivity index (χ1) is 11.6. The average Bonchev–Trinajstić information content (AvgIpc) is 3.27. The first-order valence-electron chi connectivity index (χ1n) is 8.66.